The van der Waals surface area contributed by atoms with Crippen LogP contribution in [0.3, 0.4) is 0 Å². The SMILES string of the molecule is CCN(CC)CCN(C1=NCCO1)C1=NCCO1. The van der Waals surface area contributed by atoms with Gasteiger partial charge in [0.2, 0.25) is 0 Å². The van der Waals surface area contributed by atoms with Gasteiger partial charge in [0, 0.05) is 13.1 Å². The second kappa shape index (κ2) is 6.58. The van der Waals surface area contributed by atoms with Crippen LogP contribution in [-0.4, -0.2) is 74.3 Å². The Balaban J connectivity index is 1.96. The van der Waals surface area contributed by atoms with E-state index in [0.717, 1.165) is 39.3 Å². The van der Waals surface area contributed by atoms with Crippen LogP contribution in [-0.2, 0) is 9.47 Å². The fraction of sp³-hybridized carbons (Fsp3) is 0.833. The molecule has 0 N–H and O–H groups in total. The van der Waals surface area contributed by atoms with E-state index < -0.39 is 0 Å². The summed E-state index contributed by atoms with van der Waals surface area (Å²) in [7, 11) is 0. The smallest absolute Gasteiger partial charge is 0.295 e. The van der Waals surface area contributed by atoms with E-state index in [1.54, 1.807) is 0 Å². The van der Waals surface area contributed by atoms with E-state index in [1.165, 1.54) is 0 Å². The Hall–Kier alpha value is -1.30. The maximum absolute atomic E-state index is 5.52. The normalized spacial score (nSPS) is 18.4. The van der Waals surface area contributed by atoms with Crippen molar-refractivity contribution in [3.05, 3.63) is 0 Å². The summed E-state index contributed by atoms with van der Waals surface area (Å²) in [4.78, 5) is 13.0. The summed E-state index contributed by atoms with van der Waals surface area (Å²) in [5.74, 6) is 0. The number of hydrogen-bond acceptors (Lipinski definition) is 6. The molecule has 0 radical (unpaired) electrons. The topological polar surface area (TPSA) is 49.7 Å². The lowest BCUT2D eigenvalue weighted by Crippen LogP contribution is -2.42. The third-order valence-corrected chi connectivity index (χ3v) is 3.14. The van der Waals surface area contributed by atoms with Gasteiger partial charge in [-0.15, -0.1) is 0 Å². The highest BCUT2D eigenvalue weighted by Gasteiger charge is 2.25. The molecule has 0 spiro atoms. The standard InChI is InChI=1S/C12H22N4O2/c1-3-15(4-2)7-8-16(11-13-5-9-17-11)12-14-6-10-18-12/h3-10H2,1-2H3. The lowest BCUT2D eigenvalue weighted by Gasteiger charge is -2.25. The average molecular weight is 254 g/mol. The van der Waals surface area contributed by atoms with Crippen LogP contribution in [0.25, 0.3) is 0 Å². The van der Waals surface area contributed by atoms with E-state index in [9.17, 15) is 0 Å². The van der Waals surface area contributed by atoms with Crippen LogP contribution >= 0.6 is 0 Å². The summed E-state index contributed by atoms with van der Waals surface area (Å²) in [5.41, 5.74) is 0. The first-order valence-electron chi connectivity index (χ1n) is 6.69. The minimum absolute atomic E-state index is 0.655. The van der Waals surface area contributed by atoms with Gasteiger partial charge >= 0.3 is 0 Å². The van der Waals surface area contributed by atoms with Crippen LogP contribution in [0.1, 0.15) is 13.8 Å². The molecule has 0 amide bonds. The first kappa shape index (κ1) is 13.1. The fourth-order valence-electron chi connectivity index (χ4n) is 2.03. The quantitative estimate of drug-likeness (QED) is 0.713. The molecular formula is C12H22N4O2. The summed E-state index contributed by atoms with van der Waals surface area (Å²) >= 11 is 0. The zero-order valence-electron chi connectivity index (χ0n) is 11.3. The van der Waals surface area contributed by atoms with Crippen LogP contribution in [0.4, 0.5) is 0 Å². The van der Waals surface area contributed by atoms with E-state index >= 15 is 0 Å². The van der Waals surface area contributed by atoms with E-state index in [1.807, 2.05) is 4.90 Å². The van der Waals surface area contributed by atoms with E-state index in [2.05, 4.69) is 28.7 Å². The summed E-state index contributed by atoms with van der Waals surface area (Å²) < 4.78 is 11.0. The molecule has 0 bridgehead atoms. The molecule has 0 aromatic rings. The molecule has 2 heterocycles. The maximum atomic E-state index is 5.52. The molecule has 0 fully saturated rings. The van der Waals surface area contributed by atoms with Crippen molar-refractivity contribution < 1.29 is 9.47 Å². The van der Waals surface area contributed by atoms with Crippen molar-refractivity contribution >= 4 is 12.0 Å². The molecule has 0 aliphatic carbocycles. The maximum Gasteiger partial charge on any atom is 0.295 e. The molecule has 0 saturated carbocycles. The summed E-state index contributed by atoms with van der Waals surface area (Å²) in [6.45, 7) is 11.0. The molecule has 2 rings (SSSR count). The van der Waals surface area contributed by atoms with Crippen molar-refractivity contribution in [2.45, 2.75) is 13.8 Å². The Kier molecular flexibility index (Phi) is 4.81. The highest BCUT2D eigenvalue weighted by atomic mass is 16.5. The molecule has 2 aliphatic heterocycles. The van der Waals surface area contributed by atoms with Gasteiger partial charge in [-0.3, -0.25) is 0 Å². The Labute approximate surface area is 108 Å². The molecular weight excluding hydrogens is 232 g/mol. The van der Waals surface area contributed by atoms with Gasteiger partial charge in [0.1, 0.15) is 13.2 Å². The number of aliphatic imine (C=N–C) groups is 2. The van der Waals surface area contributed by atoms with Gasteiger partial charge in [-0.2, -0.15) is 0 Å². The number of hydrogen-bond donors (Lipinski definition) is 0. The fourth-order valence-corrected chi connectivity index (χ4v) is 2.03. The molecule has 0 saturated heterocycles. The Morgan fingerprint density at radius 2 is 1.50 bits per heavy atom. The largest absolute Gasteiger partial charge is 0.463 e. The van der Waals surface area contributed by atoms with Crippen LogP contribution in [0.5, 0.6) is 0 Å². The highest BCUT2D eigenvalue weighted by Crippen LogP contribution is 2.08. The Bertz CT molecular complexity index is 302. The molecule has 0 unspecified atom stereocenters. The molecule has 6 nitrogen and oxygen atoms in total. The van der Waals surface area contributed by atoms with E-state index in [-0.39, 0.29) is 0 Å². The molecule has 18 heavy (non-hydrogen) atoms. The number of ether oxygens (including phenoxy) is 2. The number of likely N-dealkylation sites (N-methyl/N-ethyl adjacent to an activating group) is 1. The minimum atomic E-state index is 0.655. The summed E-state index contributed by atoms with van der Waals surface area (Å²) in [5, 5.41) is 0. The Morgan fingerprint density at radius 1 is 0.944 bits per heavy atom. The average Bonchev–Trinajstić information content (AvgIpc) is 3.07. The van der Waals surface area contributed by atoms with Crippen molar-refractivity contribution in [2.75, 3.05) is 52.5 Å². The lowest BCUT2D eigenvalue weighted by molar-refractivity contribution is 0.233. The van der Waals surface area contributed by atoms with Gasteiger partial charge < -0.3 is 14.4 Å². The first-order valence-corrected chi connectivity index (χ1v) is 6.69. The molecule has 6 heteroatoms. The van der Waals surface area contributed by atoms with Gasteiger partial charge in [-0.25, -0.2) is 14.9 Å². The first-order chi connectivity index (χ1) is 8.85. The second-order valence-corrected chi connectivity index (χ2v) is 4.20. The van der Waals surface area contributed by atoms with Gasteiger partial charge in [-0.05, 0) is 13.1 Å². The van der Waals surface area contributed by atoms with Gasteiger partial charge in [0.25, 0.3) is 12.0 Å². The second-order valence-electron chi connectivity index (χ2n) is 4.20. The predicted octanol–water partition coefficient (Wildman–Crippen LogP) is 0.403. The predicted molar refractivity (Wildman–Crippen MR) is 71.0 cm³/mol. The zero-order chi connectivity index (χ0) is 12.8. The highest BCUT2D eigenvalue weighted by molar-refractivity contribution is 5.94. The molecule has 0 aromatic carbocycles. The minimum Gasteiger partial charge on any atom is -0.463 e. The van der Waals surface area contributed by atoms with Crippen LogP contribution in [0.2, 0.25) is 0 Å². The third kappa shape index (κ3) is 3.13. The van der Waals surface area contributed by atoms with Crippen LogP contribution in [0.15, 0.2) is 9.98 Å². The summed E-state index contributed by atoms with van der Waals surface area (Å²) in [6, 6.07) is 1.31. The molecule has 102 valence electrons. The third-order valence-electron chi connectivity index (χ3n) is 3.14. The van der Waals surface area contributed by atoms with Crippen molar-refractivity contribution in [1.29, 1.82) is 0 Å². The van der Waals surface area contributed by atoms with Crippen molar-refractivity contribution in [1.82, 2.24) is 9.80 Å². The van der Waals surface area contributed by atoms with Crippen molar-refractivity contribution in [2.24, 2.45) is 9.98 Å². The van der Waals surface area contributed by atoms with E-state index in [4.69, 9.17) is 9.47 Å². The van der Waals surface area contributed by atoms with Crippen LogP contribution in [0, 0.1) is 0 Å². The van der Waals surface area contributed by atoms with Crippen molar-refractivity contribution in [3.63, 3.8) is 0 Å². The number of amidine groups is 2. The van der Waals surface area contributed by atoms with Crippen LogP contribution < -0.4 is 0 Å². The van der Waals surface area contributed by atoms with E-state index in [0.29, 0.717) is 25.3 Å². The zero-order valence-corrected chi connectivity index (χ0v) is 11.3. The monoisotopic (exact) mass is 254 g/mol. The summed E-state index contributed by atoms with van der Waals surface area (Å²) in [6.07, 6.45) is 0. The molecule has 2 aliphatic rings. The number of rotatable bonds is 5. The Morgan fingerprint density at radius 3 is 1.89 bits per heavy atom. The molecule has 0 atom stereocenters. The molecule has 0 aromatic heterocycles. The lowest BCUT2D eigenvalue weighted by atomic mass is 10.4. The number of nitrogens with zero attached hydrogens (tertiary/aromatic N) is 4. The van der Waals surface area contributed by atoms with Gasteiger partial charge in [0.05, 0.1) is 13.1 Å². The van der Waals surface area contributed by atoms with Gasteiger partial charge in [-0.1, -0.05) is 13.8 Å². The van der Waals surface area contributed by atoms with Gasteiger partial charge in [0.15, 0.2) is 0 Å². The van der Waals surface area contributed by atoms with Crippen molar-refractivity contribution in [3.8, 4) is 0 Å².